The van der Waals surface area contributed by atoms with Gasteiger partial charge in [-0.3, -0.25) is 34.9 Å². The van der Waals surface area contributed by atoms with Gasteiger partial charge in [0.15, 0.2) is 6.61 Å². The fourth-order valence-corrected chi connectivity index (χ4v) is 4.52. The summed E-state index contributed by atoms with van der Waals surface area (Å²) in [5.74, 6) is -2.04. The number of esters is 1. The van der Waals surface area contributed by atoms with Crippen molar-refractivity contribution in [3.05, 3.63) is 88.4 Å². The number of fused-ring (bicyclic) bond motifs is 1. The zero-order valence-electron chi connectivity index (χ0n) is 23.4. The molecule has 0 unspecified atom stereocenters. The van der Waals surface area contributed by atoms with Crippen molar-refractivity contribution in [2.24, 2.45) is 0 Å². The maximum Gasteiger partial charge on any atom is 0.344 e. The molecule has 4 amide bonds. The second-order valence-corrected chi connectivity index (χ2v) is 9.65. The molecule has 3 aromatic carbocycles. The van der Waals surface area contributed by atoms with Crippen molar-refractivity contribution in [3.8, 4) is 11.5 Å². The Morgan fingerprint density at radius 1 is 0.930 bits per heavy atom. The molecule has 3 aromatic rings. The summed E-state index contributed by atoms with van der Waals surface area (Å²) in [7, 11) is 1.47. The highest BCUT2D eigenvalue weighted by Crippen LogP contribution is 2.30. The molecule has 0 atom stereocenters. The first kappa shape index (κ1) is 30.8. The Kier molecular flexibility index (Phi) is 10.2. The van der Waals surface area contributed by atoms with Gasteiger partial charge in [-0.2, -0.15) is 0 Å². The van der Waals surface area contributed by atoms with E-state index in [-0.39, 0.29) is 54.7 Å². The molecule has 0 fully saturated rings. The number of halogens is 1. The molecule has 0 saturated heterocycles. The number of anilines is 1. The number of carbonyl (C=O) groups is 5. The number of ether oxygens (including phenoxy) is 3. The number of amides is 4. The lowest BCUT2D eigenvalue weighted by molar-refractivity contribution is -0.145. The average Bonchev–Trinajstić information content (AvgIpc) is 3.14. The molecule has 4 rings (SSSR count). The summed E-state index contributed by atoms with van der Waals surface area (Å²) in [6.45, 7) is 0.885. The van der Waals surface area contributed by atoms with Crippen molar-refractivity contribution < 1.29 is 38.2 Å². The lowest BCUT2D eigenvalue weighted by atomic mass is 10.1. The van der Waals surface area contributed by atoms with Gasteiger partial charge in [0.1, 0.15) is 24.6 Å². The predicted octanol–water partition coefficient (Wildman–Crippen LogP) is 2.74. The number of nitrogens with one attached hydrogen (secondary N) is 2. The number of hydrogen-bond acceptors (Lipinski definition) is 8. The van der Waals surface area contributed by atoms with Gasteiger partial charge in [0.25, 0.3) is 17.7 Å². The van der Waals surface area contributed by atoms with E-state index in [1.165, 1.54) is 41.2 Å². The Morgan fingerprint density at radius 3 is 2.47 bits per heavy atom. The third-order valence-electron chi connectivity index (χ3n) is 6.35. The Hall–Kier alpha value is -5.10. The van der Waals surface area contributed by atoms with Crippen LogP contribution in [-0.4, -0.2) is 67.9 Å². The summed E-state index contributed by atoms with van der Waals surface area (Å²) < 4.78 is 15.3. The van der Waals surface area contributed by atoms with Crippen LogP contribution in [0.25, 0.3) is 0 Å². The first-order chi connectivity index (χ1) is 20.7. The molecule has 0 aromatic heterocycles. The van der Waals surface area contributed by atoms with Crippen LogP contribution in [-0.2, 0) is 25.7 Å². The molecule has 224 valence electrons. The second-order valence-electron chi connectivity index (χ2n) is 9.24. The van der Waals surface area contributed by atoms with Gasteiger partial charge in [-0.05, 0) is 55.0 Å². The first-order valence-electron chi connectivity index (χ1n) is 13.2. The molecule has 13 heteroatoms. The van der Waals surface area contributed by atoms with Crippen molar-refractivity contribution in [1.82, 2.24) is 15.8 Å². The molecule has 0 bridgehead atoms. The van der Waals surface area contributed by atoms with Crippen LogP contribution in [0.3, 0.4) is 0 Å². The van der Waals surface area contributed by atoms with Crippen molar-refractivity contribution in [3.63, 3.8) is 0 Å². The summed E-state index contributed by atoms with van der Waals surface area (Å²) in [6, 6.07) is 17.6. The van der Waals surface area contributed by atoms with Crippen molar-refractivity contribution in [1.29, 1.82) is 0 Å². The molecule has 0 saturated carbocycles. The van der Waals surface area contributed by atoms with Gasteiger partial charge < -0.3 is 19.1 Å². The third kappa shape index (κ3) is 7.80. The summed E-state index contributed by atoms with van der Waals surface area (Å²) in [6.07, 6.45) is 0. The van der Waals surface area contributed by atoms with Gasteiger partial charge in [-0.25, -0.2) is 4.79 Å². The summed E-state index contributed by atoms with van der Waals surface area (Å²) in [4.78, 5) is 66.2. The smallest absolute Gasteiger partial charge is 0.344 e. The first-order valence-corrected chi connectivity index (χ1v) is 13.6. The third-order valence-corrected chi connectivity index (χ3v) is 6.66. The minimum absolute atomic E-state index is 0.0460. The van der Waals surface area contributed by atoms with Crippen molar-refractivity contribution >= 4 is 46.9 Å². The van der Waals surface area contributed by atoms with E-state index in [4.69, 9.17) is 25.8 Å². The van der Waals surface area contributed by atoms with E-state index in [1.54, 1.807) is 49.4 Å². The fourth-order valence-electron chi connectivity index (χ4n) is 4.27. The van der Waals surface area contributed by atoms with Crippen LogP contribution >= 0.6 is 11.6 Å². The molecule has 1 aliphatic rings. The Morgan fingerprint density at radius 2 is 1.72 bits per heavy atom. The average molecular weight is 609 g/mol. The monoisotopic (exact) mass is 608 g/mol. The van der Waals surface area contributed by atoms with E-state index in [9.17, 15) is 24.0 Å². The standard InChI is InChI=1S/C30H29ClN4O8/c1-3-42-28(38)18-43-22-11-12-23(24(31)14-22)30(40)35-17-27(37)34(15-20-7-4-5-10-25(20)35)16-26(36)32-33-29(39)19-8-6-9-21(13-19)41-2/h4-14H,3,15-18H2,1-2H3,(H,32,36)(H,33,39). The quantitative estimate of drug-likeness (QED) is 0.279. The van der Waals surface area contributed by atoms with Gasteiger partial charge in [-0.15, -0.1) is 0 Å². The molecule has 1 heterocycles. The molecule has 1 aliphatic heterocycles. The van der Waals surface area contributed by atoms with Crippen LogP contribution in [0.5, 0.6) is 11.5 Å². The van der Waals surface area contributed by atoms with Crippen LogP contribution < -0.4 is 25.2 Å². The highest BCUT2D eigenvalue weighted by Gasteiger charge is 2.31. The van der Waals surface area contributed by atoms with Crippen molar-refractivity contribution in [2.45, 2.75) is 13.5 Å². The van der Waals surface area contributed by atoms with E-state index in [0.29, 0.717) is 17.0 Å². The molecule has 0 aliphatic carbocycles. The van der Waals surface area contributed by atoms with Gasteiger partial charge in [0, 0.05) is 17.8 Å². The fraction of sp³-hybridized carbons (Fsp3) is 0.233. The predicted molar refractivity (Wildman–Crippen MR) is 156 cm³/mol. The molecule has 0 radical (unpaired) electrons. The van der Waals surface area contributed by atoms with Crippen LogP contribution in [0.4, 0.5) is 5.69 Å². The van der Waals surface area contributed by atoms with E-state index in [1.807, 2.05) is 0 Å². The number of carbonyl (C=O) groups excluding carboxylic acids is 5. The molecule has 43 heavy (non-hydrogen) atoms. The number of methoxy groups -OCH3 is 1. The number of hydrazine groups is 1. The number of benzene rings is 3. The Balaban J connectivity index is 1.44. The zero-order chi connectivity index (χ0) is 30.9. The Bertz CT molecular complexity index is 1550. The minimum Gasteiger partial charge on any atom is -0.497 e. The largest absolute Gasteiger partial charge is 0.497 e. The number of para-hydroxylation sites is 1. The van der Waals surface area contributed by atoms with Gasteiger partial charge >= 0.3 is 5.97 Å². The zero-order valence-corrected chi connectivity index (χ0v) is 24.2. The maximum atomic E-state index is 13.7. The molecule has 12 nitrogen and oxygen atoms in total. The number of nitrogens with zero attached hydrogens (tertiary/aromatic N) is 2. The highest BCUT2D eigenvalue weighted by atomic mass is 35.5. The van der Waals surface area contributed by atoms with Crippen LogP contribution in [0.2, 0.25) is 5.02 Å². The van der Waals surface area contributed by atoms with Crippen LogP contribution in [0.15, 0.2) is 66.7 Å². The molecular formula is C30H29ClN4O8. The molecule has 2 N–H and O–H groups in total. The maximum absolute atomic E-state index is 13.7. The summed E-state index contributed by atoms with van der Waals surface area (Å²) in [5.41, 5.74) is 6.12. The topological polar surface area (TPSA) is 144 Å². The van der Waals surface area contributed by atoms with E-state index in [0.717, 1.165) is 0 Å². The van der Waals surface area contributed by atoms with E-state index in [2.05, 4.69) is 10.9 Å². The van der Waals surface area contributed by atoms with Crippen molar-refractivity contribution in [2.75, 3.05) is 38.3 Å². The summed E-state index contributed by atoms with van der Waals surface area (Å²) in [5, 5.41) is 0.0588. The number of hydrogen-bond donors (Lipinski definition) is 2. The second kappa shape index (κ2) is 14.2. The molecule has 0 spiro atoms. The SMILES string of the molecule is CCOC(=O)COc1ccc(C(=O)N2CC(=O)N(CC(=O)NNC(=O)c3cccc(OC)c3)Cc3ccccc32)c(Cl)c1. The molecular weight excluding hydrogens is 580 g/mol. The lowest BCUT2D eigenvalue weighted by Gasteiger charge is -2.23. The Labute approximate surface area is 252 Å². The van der Waals surface area contributed by atoms with Gasteiger partial charge in [0.05, 0.1) is 24.3 Å². The van der Waals surface area contributed by atoms with E-state index >= 15 is 0 Å². The summed E-state index contributed by atoms with van der Waals surface area (Å²) >= 11 is 6.41. The van der Waals surface area contributed by atoms with Crippen LogP contribution in [0.1, 0.15) is 33.2 Å². The number of rotatable bonds is 9. The van der Waals surface area contributed by atoms with Gasteiger partial charge in [0.2, 0.25) is 5.91 Å². The van der Waals surface area contributed by atoms with Crippen LogP contribution in [0, 0.1) is 0 Å². The highest BCUT2D eigenvalue weighted by molar-refractivity contribution is 6.34. The van der Waals surface area contributed by atoms with E-state index < -0.39 is 29.6 Å². The minimum atomic E-state index is -0.636. The van der Waals surface area contributed by atoms with Gasteiger partial charge in [-0.1, -0.05) is 35.9 Å². The normalized spacial score (nSPS) is 12.5. The lowest BCUT2D eigenvalue weighted by Crippen LogP contribution is -2.48.